The summed E-state index contributed by atoms with van der Waals surface area (Å²) >= 11 is 0. The molecule has 2 heterocycles. The van der Waals surface area contributed by atoms with Crippen molar-refractivity contribution in [3.63, 3.8) is 0 Å². The first-order valence-electron chi connectivity index (χ1n) is 6.67. The molecular weight excluding hydrogens is 254 g/mol. The van der Waals surface area contributed by atoms with E-state index in [0.29, 0.717) is 18.4 Å². The average Bonchev–Trinajstić information content (AvgIpc) is 2.86. The van der Waals surface area contributed by atoms with Crippen molar-refractivity contribution in [2.45, 2.75) is 33.2 Å². The Kier molecular flexibility index (Phi) is 4.22. The monoisotopic (exact) mass is 275 g/mol. The van der Waals surface area contributed by atoms with Gasteiger partial charge in [0.25, 0.3) is 0 Å². The van der Waals surface area contributed by atoms with Gasteiger partial charge in [-0.15, -0.1) is 0 Å². The Morgan fingerprint density at radius 1 is 1.35 bits per heavy atom. The van der Waals surface area contributed by atoms with E-state index in [1.54, 1.807) is 0 Å². The van der Waals surface area contributed by atoms with Crippen LogP contribution in [0.15, 0.2) is 16.8 Å². The molecule has 0 fully saturated rings. The van der Waals surface area contributed by atoms with E-state index in [1.807, 2.05) is 38.2 Å². The highest BCUT2D eigenvalue weighted by molar-refractivity contribution is 5.47. The first-order chi connectivity index (χ1) is 9.47. The first-order valence-corrected chi connectivity index (χ1v) is 6.67. The summed E-state index contributed by atoms with van der Waals surface area (Å²) in [5.74, 6) is 2.64. The molecule has 0 atom stereocenters. The van der Waals surface area contributed by atoms with Crippen molar-refractivity contribution in [3.05, 3.63) is 29.3 Å². The van der Waals surface area contributed by atoms with Crippen LogP contribution in [0.4, 0.5) is 11.8 Å². The normalized spacial score (nSPS) is 10.9. The third-order valence-electron chi connectivity index (χ3n) is 2.96. The highest BCUT2D eigenvalue weighted by Gasteiger charge is 2.09. The van der Waals surface area contributed by atoms with Gasteiger partial charge in [-0.3, -0.25) is 0 Å². The molecule has 2 aromatic rings. The van der Waals surface area contributed by atoms with Crippen molar-refractivity contribution in [2.75, 3.05) is 24.3 Å². The Balaban J connectivity index is 2.05. The van der Waals surface area contributed by atoms with Crippen LogP contribution in [0.3, 0.4) is 0 Å². The summed E-state index contributed by atoms with van der Waals surface area (Å²) < 4.78 is 5.27. The summed E-state index contributed by atoms with van der Waals surface area (Å²) in [5.41, 5.74) is 2.00. The van der Waals surface area contributed by atoms with E-state index in [0.717, 1.165) is 22.8 Å². The van der Waals surface area contributed by atoms with E-state index < -0.39 is 0 Å². The van der Waals surface area contributed by atoms with Crippen LogP contribution >= 0.6 is 0 Å². The lowest BCUT2D eigenvalue weighted by atomic mass is 10.1. The van der Waals surface area contributed by atoms with E-state index >= 15 is 0 Å². The van der Waals surface area contributed by atoms with Gasteiger partial charge in [0, 0.05) is 31.9 Å². The van der Waals surface area contributed by atoms with Crippen LogP contribution in [0.2, 0.25) is 0 Å². The highest BCUT2D eigenvalue weighted by Crippen LogP contribution is 2.17. The zero-order chi connectivity index (χ0) is 14.7. The SMILES string of the molecule is Cc1cnc(NCc2cc(C(C)C)no2)nc1N(C)C. The second-order valence-electron chi connectivity index (χ2n) is 5.32. The van der Waals surface area contributed by atoms with Crippen molar-refractivity contribution >= 4 is 11.8 Å². The molecule has 0 unspecified atom stereocenters. The second kappa shape index (κ2) is 5.90. The summed E-state index contributed by atoms with van der Waals surface area (Å²) in [6.07, 6.45) is 1.81. The first kappa shape index (κ1) is 14.3. The molecule has 108 valence electrons. The van der Waals surface area contributed by atoms with Crippen molar-refractivity contribution in [1.82, 2.24) is 15.1 Å². The molecule has 2 aromatic heterocycles. The van der Waals surface area contributed by atoms with Gasteiger partial charge >= 0.3 is 0 Å². The summed E-state index contributed by atoms with van der Waals surface area (Å²) in [6.45, 7) is 6.68. The Morgan fingerprint density at radius 3 is 2.70 bits per heavy atom. The van der Waals surface area contributed by atoms with E-state index in [1.165, 1.54) is 0 Å². The van der Waals surface area contributed by atoms with Crippen LogP contribution < -0.4 is 10.2 Å². The fourth-order valence-corrected chi connectivity index (χ4v) is 1.82. The number of aryl methyl sites for hydroxylation is 1. The molecule has 0 spiro atoms. The maximum absolute atomic E-state index is 5.27. The minimum Gasteiger partial charge on any atom is -0.362 e. The Morgan fingerprint density at radius 2 is 2.10 bits per heavy atom. The summed E-state index contributed by atoms with van der Waals surface area (Å²) in [4.78, 5) is 10.7. The molecule has 2 rings (SSSR count). The van der Waals surface area contributed by atoms with Crippen molar-refractivity contribution in [3.8, 4) is 0 Å². The summed E-state index contributed by atoms with van der Waals surface area (Å²) in [7, 11) is 3.93. The number of nitrogens with zero attached hydrogens (tertiary/aromatic N) is 4. The molecule has 0 aromatic carbocycles. The molecular formula is C14H21N5O. The second-order valence-corrected chi connectivity index (χ2v) is 5.32. The molecule has 0 aliphatic heterocycles. The van der Waals surface area contributed by atoms with E-state index in [2.05, 4.69) is 34.3 Å². The predicted molar refractivity (Wildman–Crippen MR) is 79.0 cm³/mol. The number of hydrogen-bond donors (Lipinski definition) is 1. The molecule has 0 saturated heterocycles. The van der Waals surface area contributed by atoms with Gasteiger partial charge in [-0.1, -0.05) is 19.0 Å². The Labute approximate surface area is 119 Å². The number of hydrogen-bond acceptors (Lipinski definition) is 6. The van der Waals surface area contributed by atoms with E-state index in [9.17, 15) is 0 Å². The van der Waals surface area contributed by atoms with Gasteiger partial charge in [0.15, 0.2) is 5.76 Å². The van der Waals surface area contributed by atoms with Gasteiger partial charge in [0.05, 0.1) is 12.2 Å². The fourth-order valence-electron chi connectivity index (χ4n) is 1.82. The summed E-state index contributed by atoms with van der Waals surface area (Å²) in [6, 6.07) is 1.96. The lowest BCUT2D eigenvalue weighted by molar-refractivity contribution is 0.379. The highest BCUT2D eigenvalue weighted by atomic mass is 16.5. The molecule has 0 radical (unpaired) electrons. The van der Waals surface area contributed by atoms with Crippen molar-refractivity contribution in [2.24, 2.45) is 0 Å². The standard InChI is InChI=1S/C14H21N5O/c1-9(2)12-6-11(20-18-12)8-16-14-15-7-10(3)13(17-14)19(4)5/h6-7,9H,8H2,1-5H3,(H,15,16,17). The maximum atomic E-state index is 5.27. The Bertz CT molecular complexity index is 577. The number of nitrogens with one attached hydrogen (secondary N) is 1. The van der Waals surface area contributed by atoms with E-state index in [4.69, 9.17) is 4.52 Å². The average molecular weight is 275 g/mol. The van der Waals surface area contributed by atoms with Gasteiger partial charge in [0.2, 0.25) is 5.95 Å². The molecule has 0 bridgehead atoms. The predicted octanol–water partition coefficient (Wildman–Crippen LogP) is 2.57. The summed E-state index contributed by atoms with van der Waals surface area (Å²) in [5, 5.41) is 7.18. The van der Waals surface area contributed by atoms with Crippen LogP contribution in [0.1, 0.15) is 36.8 Å². The Hall–Kier alpha value is -2.11. The third-order valence-corrected chi connectivity index (χ3v) is 2.96. The minimum absolute atomic E-state index is 0.364. The molecule has 1 N–H and O–H groups in total. The van der Waals surface area contributed by atoms with Gasteiger partial charge in [-0.2, -0.15) is 4.98 Å². The van der Waals surface area contributed by atoms with Gasteiger partial charge in [-0.25, -0.2) is 4.98 Å². The smallest absolute Gasteiger partial charge is 0.224 e. The maximum Gasteiger partial charge on any atom is 0.224 e. The topological polar surface area (TPSA) is 67.1 Å². The molecule has 20 heavy (non-hydrogen) atoms. The van der Waals surface area contributed by atoms with Gasteiger partial charge in [0.1, 0.15) is 5.82 Å². The zero-order valence-electron chi connectivity index (χ0n) is 12.6. The lowest BCUT2D eigenvalue weighted by Gasteiger charge is -2.14. The molecule has 6 heteroatoms. The number of anilines is 2. The number of aromatic nitrogens is 3. The van der Waals surface area contributed by atoms with Crippen molar-refractivity contribution < 1.29 is 4.52 Å². The van der Waals surface area contributed by atoms with Crippen LogP contribution in [-0.4, -0.2) is 29.2 Å². The largest absolute Gasteiger partial charge is 0.362 e. The quantitative estimate of drug-likeness (QED) is 0.904. The van der Waals surface area contributed by atoms with Crippen LogP contribution in [0.25, 0.3) is 0 Å². The molecule has 0 amide bonds. The zero-order valence-corrected chi connectivity index (χ0v) is 12.6. The molecule has 0 aliphatic carbocycles. The minimum atomic E-state index is 0.364. The molecule has 0 aliphatic rings. The van der Waals surface area contributed by atoms with Crippen molar-refractivity contribution in [1.29, 1.82) is 0 Å². The van der Waals surface area contributed by atoms with Crippen LogP contribution in [-0.2, 0) is 6.54 Å². The van der Waals surface area contributed by atoms with Crippen LogP contribution in [0.5, 0.6) is 0 Å². The lowest BCUT2D eigenvalue weighted by Crippen LogP contribution is -2.14. The van der Waals surface area contributed by atoms with Gasteiger partial charge in [-0.05, 0) is 12.8 Å². The molecule has 0 saturated carbocycles. The van der Waals surface area contributed by atoms with Crippen LogP contribution in [0, 0.1) is 6.92 Å². The van der Waals surface area contributed by atoms with Gasteiger partial charge < -0.3 is 14.7 Å². The van der Waals surface area contributed by atoms with E-state index in [-0.39, 0.29) is 0 Å². The molecule has 6 nitrogen and oxygen atoms in total. The number of rotatable bonds is 5. The third kappa shape index (κ3) is 3.26. The fraction of sp³-hybridized carbons (Fsp3) is 0.500.